The number of carbonyl (C=O) groups excluding carboxylic acids is 1. The number of anilines is 1. The Kier molecular flexibility index (Phi) is 7.11. The van der Waals surface area contributed by atoms with Gasteiger partial charge in [-0.1, -0.05) is 29.8 Å². The molecule has 1 aromatic heterocycles. The summed E-state index contributed by atoms with van der Waals surface area (Å²) in [6, 6.07) is 12.6. The van der Waals surface area contributed by atoms with Crippen LogP contribution in [0.5, 0.6) is 0 Å². The van der Waals surface area contributed by atoms with Crippen LogP contribution in [0.3, 0.4) is 0 Å². The molecule has 2 aromatic carbocycles. The molecule has 1 aliphatic rings. The first-order chi connectivity index (χ1) is 16.0. The molecule has 1 saturated heterocycles. The summed E-state index contributed by atoms with van der Waals surface area (Å²) in [6.07, 6.45) is 1.74. The van der Waals surface area contributed by atoms with Crippen molar-refractivity contribution in [1.29, 1.82) is 0 Å². The van der Waals surface area contributed by atoms with Crippen molar-refractivity contribution in [2.75, 3.05) is 24.7 Å². The van der Waals surface area contributed by atoms with Crippen LogP contribution >= 0.6 is 22.9 Å². The molecular weight excluding hydrogens is 518 g/mol. The Bertz CT molecular complexity index is 1410. The van der Waals surface area contributed by atoms with Gasteiger partial charge in [0.2, 0.25) is 15.9 Å². The minimum atomic E-state index is -3.87. The highest BCUT2D eigenvalue weighted by Gasteiger charge is 2.32. The Morgan fingerprint density at radius 3 is 2.35 bits per heavy atom. The van der Waals surface area contributed by atoms with Gasteiger partial charge in [-0.15, -0.1) is 11.3 Å². The summed E-state index contributed by atoms with van der Waals surface area (Å²) in [6.45, 7) is 0.328. The number of hydrogen-bond donors (Lipinski definition) is 1. The van der Waals surface area contributed by atoms with Crippen molar-refractivity contribution in [2.24, 2.45) is 5.92 Å². The van der Waals surface area contributed by atoms with Crippen LogP contribution < -0.4 is 5.32 Å². The van der Waals surface area contributed by atoms with E-state index >= 15 is 0 Å². The summed E-state index contributed by atoms with van der Waals surface area (Å²) in [4.78, 5) is 17.1. The quantitative estimate of drug-likeness (QED) is 0.508. The Morgan fingerprint density at radius 2 is 1.71 bits per heavy atom. The standard InChI is InChI=1S/C22H22ClN3O5S3/c1-33(28,29)18-3-2-4-19(13-18)34(30,31)26-11-9-16(10-12-26)21(27)25-22-24-20(14-32-22)15-5-7-17(23)8-6-15/h2-8,13-14,16H,9-12H2,1H3,(H,24,25,27). The molecule has 0 radical (unpaired) electrons. The van der Waals surface area contributed by atoms with Crippen LogP contribution in [0.1, 0.15) is 12.8 Å². The fraction of sp³-hybridized carbons (Fsp3) is 0.273. The minimum Gasteiger partial charge on any atom is -0.302 e. The highest BCUT2D eigenvalue weighted by molar-refractivity contribution is 7.91. The zero-order valence-electron chi connectivity index (χ0n) is 18.1. The van der Waals surface area contributed by atoms with Gasteiger partial charge in [0.05, 0.1) is 15.5 Å². The van der Waals surface area contributed by atoms with E-state index in [1.54, 1.807) is 12.1 Å². The second-order valence-electron chi connectivity index (χ2n) is 7.96. The second kappa shape index (κ2) is 9.74. The van der Waals surface area contributed by atoms with Gasteiger partial charge in [-0.25, -0.2) is 21.8 Å². The van der Waals surface area contributed by atoms with Crippen molar-refractivity contribution in [3.8, 4) is 11.3 Å². The normalized spacial score (nSPS) is 15.8. The fourth-order valence-electron chi connectivity index (χ4n) is 3.66. The third-order valence-electron chi connectivity index (χ3n) is 5.57. The number of sulfonamides is 1. The van der Waals surface area contributed by atoms with Gasteiger partial charge in [0, 0.05) is 41.2 Å². The van der Waals surface area contributed by atoms with E-state index in [0.717, 1.165) is 17.5 Å². The number of aromatic nitrogens is 1. The summed E-state index contributed by atoms with van der Waals surface area (Å²) in [7, 11) is -7.40. The number of benzene rings is 2. The van der Waals surface area contributed by atoms with Crippen LogP contribution in [-0.4, -0.2) is 51.4 Å². The average Bonchev–Trinajstić information content (AvgIpc) is 3.27. The van der Waals surface area contributed by atoms with Crippen LogP contribution in [0.25, 0.3) is 11.3 Å². The molecule has 0 unspecified atom stereocenters. The topological polar surface area (TPSA) is 114 Å². The average molecular weight is 540 g/mol. The molecule has 1 fully saturated rings. The highest BCUT2D eigenvalue weighted by Crippen LogP contribution is 2.29. The Hall–Kier alpha value is -2.31. The van der Waals surface area contributed by atoms with Gasteiger partial charge < -0.3 is 5.32 Å². The molecule has 1 aliphatic heterocycles. The molecule has 2 heterocycles. The van der Waals surface area contributed by atoms with Gasteiger partial charge in [-0.2, -0.15) is 4.31 Å². The number of piperidine rings is 1. The third-order valence-corrected chi connectivity index (χ3v) is 9.59. The predicted octanol–water partition coefficient (Wildman–Crippen LogP) is 3.91. The molecule has 0 bridgehead atoms. The van der Waals surface area contributed by atoms with E-state index in [1.165, 1.54) is 39.9 Å². The number of nitrogens with one attached hydrogen (secondary N) is 1. The van der Waals surface area contributed by atoms with E-state index in [0.29, 0.717) is 23.0 Å². The van der Waals surface area contributed by atoms with E-state index in [2.05, 4.69) is 10.3 Å². The van der Waals surface area contributed by atoms with Gasteiger partial charge in [0.1, 0.15) is 0 Å². The van der Waals surface area contributed by atoms with Crippen molar-refractivity contribution in [3.63, 3.8) is 0 Å². The molecule has 180 valence electrons. The number of nitrogens with zero attached hydrogens (tertiary/aromatic N) is 2. The summed E-state index contributed by atoms with van der Waals surface area (Å²) in [5, 5.41) is 5.78. The maximum absolute atomic E-state index is 13.0. The number of sulfone groups is 1. The van der Waals surface area contributed by atoms with Crippen LogP contribution in [0.15, 0.2) is 63.7 Å². The lowest BCUT2D eigenvalue weighted by Crippen LogP contribution is -2.41. The van der Waals surface area contributed by atoms with E-state index in [-0.39, 0.29) is 34.7 Å². The Morgan fingerprint density at radius 1 is 1.06 bits per heavy atom. The van der Waals surface area contributed by atoms with Crippen LogP contribution in [0.2, 0.25) is 5.02 Å². The second-order valence-corrected chi connectivity index (χ2v) is 13.2. The van der Waals surface area contributed by atoms with Crippen molar-refractivity contribution >= 4 is 53.8 Å². The lowest BCUT2D eigenvalue weighted by Gasteiger charge is -2.30. The summed E-state index contributed by atoms with van der Waals surface area (Å²) in [5.41, 5.74) is 1.62. The van der Waals surface area contributed by atoms with Crippen LogP contribution in [0.4, 0.5) is 5.13 Å². The third kappa shape index (κ3) is 5.49. The summed E-state index contributed by atoms with van der Waals surface area (Å²) in [5.74, 6) is -0.551. The largest absolute Gasteiger partial charge is 0.302 e. The first-order valence-corrected chi connectivity index (χ1v) is 15.0. The van der Waals surface area contributed by atoms with Gasteiger partial charge in [-0.3, -0.25) is 4.79 Å². The van der Waals surface area contributed by atoms with Gasteiger partial charge >= 0.3 is 0 Å². The maximum Gasteiger partial charge on any atom is 0.243 e. The number of halogens is 1. The number of amides is 1. The molecule has 0 saturated carbocycles. The van der Waals surface area contributed by atoms with Gasteiger partial charge in [-0.05, 0) is 43.2 Å². The summed E-state index contributed by atoms with van der Waals surface area (Å²) >= 11 is 7.23. The molecule has 4 rings (SSSR count). The Balaban J connectivity index is 1.38. The molecule has 3 aromatic rings. The van der Waals surface area contributed by atoms with Crippen molar-refractivity contribution in [2.45, 2.75) is 22.6 Å². The molecule has 0 atom stereocenters. The molecule has 1 N–H and O–H groups in total. The molecule has 1 amide bonds. The molecule has 34 heavy (non-hydrogen) atoms. The number of rotatable bonds is 6. The molecular formula is C22H22ClN3O5S3. The van der Waals surface area contributed by atoms with E-state index in [4.69, 9.17) is 11.6 Å². The number of hydrogen-bond acceptors (Lipinski definition) is 7. The van der Waals surface area contributed by atoms with Crippen LogP contribution in [-0.2, 0) is 24.7 Å². The number of thiazole rings is 1. The van der Waals surface area contributed by atoms with Crippen molar-refractivity contribution in [1.82, 2.24) is 9.29 Å². The van der Waals surface area contributed by atoms with E-state index in [9.17, 15) is 21.6 Å². The first kappa shape index (κ1) is 24.8. The number of carbonyl (C=O) groups is 1. The Labute approximate surface area is 207 Å². The lowest BCUT2D eigenvalue weighted by molar-refractivity contribution is -0.120. The lowest BCUT2D eigenvalue weighted by atomic mass is 9.97. The van der Waals surface area contributed by atoms with Gasteiger partial charge in [0.15, 0.2) is 15.0 Å². The zero-order valence-corrected chi connectivity index (χ0v) is 21.3. The molecule has 0 spiro atoms. The SMILES string of the molecule is CS(=O)(=O)c1cccc(S(=O)(=O)N2CCC(C(=O)Nc3nc(-c4ccc(Cl)cc4)cs3)CC2)c1. The van der Waals surface area contributed by atoms with Gasteiger partial charge in [0.25, 0.3) is 0 Å². The maximum atomic E-state index is 13.0. The molecule has 0 aliphatic carbocycles. The van der Waals surface area contributed by atoms with E-state index in [1.807, 2.05) is 17.5 Å². The van der Waals surface area contributed by atoms with Crippen LogP contribution in [0, 0.1) is 5.92 Å². The molecule has 12 heteroatoms. The highest BCUT2D eigenvalue weighted by atomic mass is 35.5. The minimum absolute atomic E-state index is 0.0516. The summed E-state index contributed by atoms with van der Waals surface area (Å²) < 4.78 is 50.9. The molecule has 8 nitrogen and oxygen atoms in total. The van der Waals surface area contributed by atoms with Crippen molar-refractivity contribution < 1.29 is 21.6 Å². The predicted molar refractivity (Wildman–Crippen MR) is 132 cm³/mol. The fourth-order valence-corrected chi connectivity index (χ4v) is 6.77. The zero-order chi connectivity index (χ0) is 24.5. The van der Waals surface area contributed by atoms with E-state index < -0.39 is 19.9 Å². The van der Waals surface area contributed by atoms with Crippen molar-refractivity contribution in [3.05, 3.63) is 58.9 Å². The smallest absolute Gasteiger partial charge is 0.243 e. The monoisotopic (exact) mass is 539 g/mol. The first-order valence-electron chi connectivity index (χ1n) is 10.4.